The van der Waals surface area contributed by atoms with Crippen LogP contribution in [0.15, 0.2) is 42.5 Å². The predicted octanol–water partition coefficient (Wildman–Crippen LogP) is 2.70. The van der Waals surface area contributed by atoms with Crippen molar-refractivity contribution < 1.29 is 23.9 Å². The van der Waals surface area contributed by atoms with Crippen molar-refractivity contribution in [3.63, 3.8) is 0 Å². The Kier molecular flexibility index (Phi) is 4.25. The fraction of sp³-hybridized carbons (Fsp3) is 0.333. The van der Waals surface area contributed by atoms with Gasteiger partial charge in [-0.05, 0) is 49.7 Å². The quantitative estimate of drug-likeness (QED) is 0.416. The standard InChI is InChI=1S/C24H20ClN3O5/c1-12(29)33-14-9-7-13(8-10-14)28-21(30)18-17-6-3-11-27(17)24(19(18)22(28)31)15-4-2-5-16(25)20(15)26-23(24)32/h2,4-5,7-10,17-19H,3,6,11H2,1H3,(H,26,32)/t17-,18+,19+,24-/m0/s1. The lowest BCUT2D eigenvalue weighted by atomic mass is 9.75. The van der Waals surface area contributed by atoms with Crippen molar-refractivity contribution in [3.8, 4) is 5.75 Å². The highest BCUT2D eigenvalue weighted by Gasteiger charge is 2.74. The van der Waals surface area contributed by atoms with Crippen LogP contribution in [0.25, 0.3) is 0 Å². The molecule has 0 radical (unpaired) electrons. The van der Waals surface area contributed by atoms with Gasteiger partial charge in [-0.25, -0.2) is 4.90 Å². The van der Waals surface area contributed by atoms with Gasteiger partial charge in [0.1, 0.15) is 11.3 Å². The number of nitrogens with one attached hydrogen (secondary N) is 1. The molecule has 33 heavy (non-hydrogen) atoms. The molecule has 3 fully saturated rings. The number of carbonyl (C=O) groups is 4. The van der Waals surface area contributed by atoms with Crippen LogP contribution in [-0.4, -0.2) is 41.2 Å². The number of para-hydroxylation sites is 1. The number of rotatable bonds is 2. The number of carbonyl (C=O) groups excluding carboxylic acids is 4. The molecule has 3 saturated heterocycles. The third kappa shape index (κ3) is 2.50. The fourth-order valence-corrected chi connectivity index (χ4v) is 6.50. The van der Waals surface area contributed by atoms with E-state index in [1.54, 1.807) is 36.4 Å². The van der Waals surface area contributed by atoms with Crippen molar-refractivity contribution in [2.75, 3.05) is 16.8 Å². The van der Waals surface area contributed by atoms with Crippen LogP contribution >= 0.6 is 11.6 Å². The van der Waals surface area contributed by atoms with E-state index in [4.69, 9.17) is 16.3 Å². The zero-order valence-corrected chi connectivity index (χ0v) is 18.5. The number of fused-ring (bicyclic) bond motifs is 7. The summed E-state index contributed by atoms with van der Waals surface area (Å²) in [6, 6.07) is 11.3. The lowest BCUT2D eigenvalue weighted by Crippen LogP contribution is -2.54. The molecule has 4 aliphatic rings. The van der Waals surface area contributed by atoms with Crippen LogP contribution in [0.5, 0.6) is 5.75 Å². The monoisotopic (exact) mass is 465 g/mol. The molecule has 1 spiro atoms. The number of halogens is 1. The van der Waals surface area contributed by atoms with Crippen molar-refractivity contribution in [1.29, 1.82) is 0 Å². The van der Waals surface area contributed by atoms with Crippen LogP contribution < -0.4 is 15.0 Å². The summed E-state index contributed by atoms with van der Waals surface area (Å²) >= 11 is 6.39. The number of hydrogen-bond donors (Lipinski definition) is 1. The first-order valence-corrected chi connectivity index (χ1v) is 11.3. The molecule has 4 aliphatic heterocycles. The predicted molar refractivity (Wildman–Crippen MR) is 119 cm³/mol. The summed E-state index contributed by atoms with van der Waals surface area (Å²) in [5.74, 6) is -2.61. The van der Waals surface area contributed by atoms with Crippen LogP contribution in [0.3, 0.4) is 0 Å². The third-order valence-corrected chi connectivity index (χ3v) is 7.65. The maximum Gasteiger partial charge on any atom is 0.308 e. The minimum atomic E-state index is -1.26. The van der Waals surface area contributed by atoms with Gasteiger partial charge in [-0.2, -0.15) is 0 Å². The lowest BCUT2D eigenvalue weighted by Gasteiger charge is -2.36. The number of esters is 1. The van der Waals surface area contributed by atoms with Crippen LogP contribution in [-0.2, 0) is 24.7 Å². The molecule has 4 heterocycles. The second-order valence-electron chi connectivity index (χ2n) is 8.89. The normalized spacial score (nSPS) is 29.9. The molecule has 3 amide bonds. The SMILES string of the molecule is CC(=O)Oc1ccc(N2C(=O)[C@@H]3[C@@H]4CCCN4[C@]4(C(=O)Nc5c(Cl)cccc54)[C@H]3C2=O)cc1. The van der Waals surface area contributed by atoms with Crippen LogP contribution in [0.1, 0.15) is 25.3 Å². The number of nitrogens with zero attached hydrogens (tertiary/aromatic N) is 2. The Morgan fingerprint density at radius 2 is 1.88 bits per heavy atom. The van der Waals surface area contributed by atoms with Crippen molar-refractivity contribution in [2.24, 2.45) is 11.8 Å². The van der Waals surface area contributed by atoms with Crippen molar-refractivity contribution in [2.45, 2.75) is 31.3 Å². The first-order valence-electron chi connectivity index (χ1n) is 10.9. The van der Waals surface area contributed by atoms with Crippen LogP contribution in [0, 0.1) is 11.8 Å². The number of anilines is 2. The number of amides is 3. The van der Waals surface area contributed by atoms with E-state index in [9.17, 15) is 19.2 Å². The highest BCUT2D eigenvalue weighted by Crippen LogP contribution is 2.61. The molecule has 168 valence electrons. The third-order valence-electron chi connectivity index (χ3n) is 7.33. The van der Waals surface area contributed by atoms with Gasteiger partial charge in [0.15, 0.2) is 0 Å². The molecule has 4 atom stereocenters. The van der Waals surface area contributed by atoms with E-state index in [1.165, 1.54) is 11.8 Å². The van der Waals surface area contributed by atoms with Gasteiger partial charge in [0.05, 0.1) is 28.2 Å². The molecule has 0 unspecified atom stereocenters. The Labute approximate surface area is 194 Å². The highest BCUT2D eigenvalue weighted by atomic mass is 35.5. The number of hydrogen-bond acceptors (Lipinski definition) is 6. The minimum absolute atomic E-state index is 0.201. The van der Waals surface area contributed by atoms with E-state index in [0.29, 0.717) is 34.3 Å². The molecule has 2 aromatic rings. The Hall–Kier alpha value is -3.23. The maximum atomic E-state index is 13.9. The summed E-state index contributed by atoms with van der Waals surface area (Å²) in [5, 5.41) is 3.31. The maximum absolute atomic E-state index is 13.9. The van der Waals surface area contributed by atoms with E-state index >= 15 is 0 Å². The Morgan fingerprint density at radius 3 is 2.61 bits per heavy atom. The van der Waals surface area contributed by atoms with E-state index in [-0.39, 0.29) is 17.9 Å². The molecule has 6 rings (SSSR count). The molecule has 0 saturated carbocycles. The van der Waals surface area contributed by atoms with Gasteiger partial charge in [-0.3, -0.25) is 24.1 Å². The second kappa shape index (κ2) is 6.88. The van der Waals surface area contributed by atoms with Crippen molar-refractivity contribution >= 4 is 46.7 Å². The molecular formula is C24H20ClN3O5. The Balaban J connectivity index is 1.47. The first-order chi connectivity index (χ1) is 15.9. The van der Waals surface area contributed by atoms with Gasteiger partial charge >= 0.3 is 5.97 Å². The summed E-state index contributed by atoms with van der Waals surface area (Å²) in [6.07, 6.45) is 1.59. The summed E-state index contributed by atoms with van der Waals surface area (Å²) < 4.78 is 5.06. The highest BCUT2D eigenvalue weighted by molar-refractivity contribution is 6.35. The smallest absolute Gasteiger partial charge is 0.308 e. The molecule has 0 aromatic heterocycles. The fourth-order valence-electron chi connectivity index (χ4n) is 6.28. The summed E-state index contributed by atoms with van der Waals surface area (Å²) in [7, 11) is 0. The van der Waals surface area contributed by atoms with Gasteiger partial charge in [0.2, 0.25) is 11.8 Å². The van der Waals surface area contributed by atoms with Gasteiger partial charge < -0.3 is 10.1 Å². The number of ether oxygens (including phenoxy) is 1. The molecule has 2 aromatic carbocycles. The lowest BCUT2D eigenvalue weighted by molar-refractivity contribution is -0.135. The Morgan fingerprint density at radius 1 is 1.12 bits per heavy atom. The van der Waals surface area contributed by atoms with Gasteiger partial charge in [0.25, 0.3) is 5.91 Å². The molecule has 9 heteroatoms. The molecule has 0 bridgehead atoms. The largest absolute Gasteiger partial charge is 0.427 e. The summed E-state index contributed by atoms with van der Waals surface area (Å²) in [4.78, 5) is 55.6. The zero-order valence-electron chi connectivity index (χ0n) is 17.7. The number of benzene rings is 2. The van der Waals surface area contributed by atoms with Crippen LogP contribution in [0.4, 0.5) is 11.4 Å². The summed E-state index contributed by atoms with van der Waals surface area (Å²) in [6.45, 7) is 1.93. The molecular weight excluding hydrogens is 446 g/mol. The summed E-state index contributed by atoms with van der Waals surface area (Å²) in [5.41, 5.74) is 0.304. The number of imide groups is 1. The van der Waals surface area contributed by atoms with E-state index in [1.807, 2.05) is 6.07 Å². The van der Waals surface area contributed by atoms with Crippen molar-refractivity contribution in [3.05, 3.63) is 53.1 Å². The van der Waals surface area contributed by atoms with E-state index < -0.39 is 29.3 Å². The average Bonchev–Trinajstić information content (AvgIpc) is 3.48. The van der Waals surface area contributed by atoms with Gasteiger partial charge in [-0.15, -0.1) is 0 Å². The first kappa shape index (κ1) is 20.4. The average molecular weight is 466 g/mol. The Bertz CT molecular complexity index is 1250. The van der Waals surface area contributed by atoms with Gasteiger partial charge in [-0.1, -0.05) is 23.7 Å². The van der Waals surface area contributed by atoms with E-state index in [0.717, 1.165) is 12.8 Å². The molecule has 0 aliphatic carbocycles. The zero-order chi connectivity index (χ0) is 23.1. The van der Waals surface area contributed by atoms with Gasteiger partial charge in [0, 0.05) is 18.5 Å². The molecule has 1 N–H and O–H groups in total. The molecule has 8 nitrogen and oxygen atoms in total. The van der Waals surface area contributed by atoms with Crippen molar-refractivity contribution in [1.82, 2.24) is 4.90 Å². The van der Waals surface area contributed by atoms with Crippen LogP contribution in [0.2, 0.25) is 5.02 Å². The van der Waals surface area contributed by atoms with E-state index in [2.05, 4.69) is 10.2 Å². The minimum Gasteiger partial charge on any atom is -0.427 e. The second-order valence-corrected chi connectivity index (χ2v) is 9.30. The topological polar surface area (TPSA) is 96.0 Å².